The maximum absolute atomic E-state index is 11.4. The van der Waals surface area contributed by atoms with Crippen LogP contribution in [0.15, 0.2) is 0 Å². The molecule has 0 heterocycles. The lowest BCUT2D eigenvalue weighted by Crippen LogP contribution is -2.38. The molecule has 0 unspecified atom stereocenters. The van der Waals surface area contributed by atoms with Gasteiger partial charge in [0, 0.05) is 33.2 Å². The van der Waals surface area contributed by atoms with E-state index in [2.05, 4.69) is 20.7 Å². The topological polar surface area (TPSA) is 106 Å². The van der Waals surface area contributed by atoms with Gasteiger partial charge in [-0.05, 0) is 20.8 Å². The van der Waals surface area contributed by atoms with E-state index in [0.717, 1.165) is 0 Å². The Morgan fingerprint density at radius 2 is 1.48 bits per heavy atom. The number of hydrogen-bond acceptors (Lipinski definition) is 5. The fraction of sp³-hybridized carbons (Fsp3) is 0.769. The smallest absolute Gasteiger partial charge is 0.407 e. The molecule has 3 N–H and O–H groups in total. The van der Waals surface area contributed by atoms with Gasteiger partial charge in [-0.3, -0.25) is 9.59 Å². The quantitative estimate of drug-likeness (QED) is 0.538. The number of carbonyl (C=O) groups is 3. The van der Waals surface area contributed by atoms with E-state index in [9.17, 15) is 14.4 Å². The molecule has 0 aliphatic heterocycles. The van der Waals surface area contributed by atoms with Gasteiger partial charge in [0.2, 0.25) is 11.8 Å². The lowest BCUT2D eigenvalue weighted by Gasteiger charge is -2.19. The first kappa shape index (κ1) is 19.2. The third-order valence-electron chi connectivity index (χ3n) is 2.07. The normalized spacial score (nSPS) is 10.7. The molecule has 122 valence electrons. The first-order chi connectivity index (χ1) is 9.74. The number of methoxy groups -OCH3 is 1. The van der Waals surface area contributed by atoms with E-state index in [4.69, 9.17) is 4.74 Å². The third kappa shape index (κ3) is 12.9. The minimum absolute atomic E-state index is 0.00620. The largest absolute Gasteiger partial charge is 0.444 e. The highest BCUT2D eigenvalue weighted by molar-refractivity contribution is 5.78. The number of amides is 3. The van der Waals surface area contributed by atoms with Gasteiger partial charge < -0.3 is 25.4 Å². The van der Waals surface area contributed by atoms with E-state index in [0.29, 0.717) is 13.1 Å². The first-order valence-electron chi connectivity index (χ1n) is 6.74. The first-order valence-corrected chi connectivity index (χ1v) is 6.74. The molecule has 0 radical (unpaired) electrons. The summed E-state index contributed by atoms with van der Waals surface area (Å²) < 4.78 is 9.67. The van der Waals surface area contributed by atoms with Gasteiger partial charge in [-0.15, -0.1) is 0 Å². The van der Waals surface area contributed by atoms with Crippen molar-refractivity contribution < 1.29 is 23.9 Å². The SMILES string of the molecule is COCC(=O)NCCNC(=O)CCNC(=O)OC(C)(C)C. The maximum atomic E-state index is 11.4. The van der Waals surface area contributed by atoms with Crippen LogP contribution in [0.1, 0.15) is 27.2 Å². The Kier molecular flexibility index (Phi) is 9.11. The Morgan fingerprint density at radius 1 is 0.905 bits per heavy atom. The highest BCUT2D eigenvalue weighted by Crippen LogP contribution is 2.06. The molecule has 0 aromatic heterocycles. The van der Waals surface area contributed by atoms with E-state index >= 15 is 0 Å². The number of ether oxygens (including phenoxy) is 2. The molecule has 0 spiro atoms. The molecule has 0 aromatic rings. The number of nitrogens with one attached hydrogen (secondary N) is 3. The molecule has 21 heavy (non-hydrogen) atoms. The number of hydrogen-bond donors (Lipinski definition) is 3. The van der Waals surface area contributed by atoms with Gasteiger partial charge in [0.15, 0.2) is 0 Å². The molecular weight excluding hydrogens is 278 g/mol. The van der Waals surface area contributed by atoms with Gasteiger partial charge in [-0.25, -0.2) is 4.79 Å². The fourth-order valence-electron chi connectivity index (χ4n) is 1.27. The molecule has 0 fully saturated rings. The molecule has 8 heteroatoms. The molecule has 0 aliphatic carbocycles. The van der Waals surface area contributed by atoms with Crippen LogP contribution in [0.2, 0.25) is 0 Å². The Bertz CT molecular complexity index is 352. The Morgan fingerprint density at radius 3 is 2.00 bits per heavy atom. The van der Waals surface area contributed by atoms with Gasteiger partial charge in [0.1, 0.15) is 12.2 Å². The van der Waals surface area contributed by atoms with E-state index in [1.54, 1.807) is 20.8 Å². The highest BCUT2D eigenvalue weighted by atomic mass is 16.6. The average Bonchev–Trinajstić information content (AvgIpc) is 2.32. The third-order valence-corrected chi connectivity index (χ3v) is 2.07. The second-order valence-corrected chi connectivity index (χ2v) is 5.31. The summed E-state index contributed by atoms with van der Waals surface area (Å²) >= 11 is 0. The minimum Gasteiger partial charge on any atom is -0.444 e. The van der Waals surface area contributed by atoms with Crippen molar-refractivity contribution in [3.63, 3.8) is 0 Å². The van der Waals surface area contributed by atoms with Crippen LogP contribution < -0.4 is 16.0 Å². The van der Waals surface area contributed by atoms with Crippen LogP contribution in [0.25, 0.3) is 0 Å². The zero-order chi connectivity index (χ0) is 16.3. The molecule has 0 aliphatic rings. The second-order valence-electron chi connectivity index (χ2n) is 5.31. The molecule has 0 saturated heterocycles. The maximum Gasteiger partial charge on any atom is 0.407 e. The molecule has 8 nitrogen and oxygen atoms in total. The summed E-state index contributed by atoms with van der Waals surface area (Å²) in [6.45, 7) is 6.12. The molecule has 0 bridgehead atoms. The summed E-state index contributed by atoms with van der Waals surface area (Å²) in [6, 6.07) is 0. The average molecular weight is 303 g/mol. The van der Waals surface area contributed by atoms with Crippen molar-refractivity contribution >= 4 is 17.9 Å². The standard InChI is InChI=1S/C13H25N3O5/c1-13(2,3)21-12(19)16-6-5-10(17)14-7-8-15-11(18)9-20-4/h5-9H2,1-4H3,(H,14,17)(H,15,18)(H,16,19). The number of rotatable bonds is 8. The Hall–Kier alpha value is -1.83. The Balaban J connectivity index is 3.59. The Labute approximate surface area is 124 Å². The monoisotopic (exact) mass is 303 g/mol. The van der Waals surface area contributed by atoms with Crippen LogP contribution in [0, 0.1) is 0 Å². The van der Waals surface area contributed by atoms with Crippen molar-refractivity contribution in [2.45, 2.75) is 32.8 Å². The predicted octanol–water partition coefficient (Wildman–Crippen LogP) is -0.220. The van der Waals surface area contributed by atoms with Crippen LogP contribution in [-0.4, -0.2) is 56.9 Å². The molecular formula is C13H25N3O5. The van der Waals surface area contributed by atoms with E-state index in [1.165, 1.54) is 7.11 Å². The number of alkyl carbamates (subject to hydrolysis) is 1. The molecule has 3 amide bonds. The van der Waals surface area contributed by atoms with Crippen molar-refractivity contribution in [2.24, 2.45) is 0 Å². The van der Waals surface area contributed by atoms with E-state index in [-0.39, 0.29) is 31.4 Å². The van der Waals surface area contributed by atoms with Crippen LogP contribution >= 0.6 is 0 Å². The zero-order valence-electron chi connectivity index (χ0n) is 13.1. The van der Waals surface area contributed by atoms with Crippen molar-refractivity contribution in [3.8, 4) is 0 Å². The number of carbonyl (C=O) groups excluding carboxylic acids is 3. The van der Waals surface area contributed by atoms with Crippen molar-refractivity contribution in [3.05, 3.63) is 0 Å². The van der Waals surface area contributed by atoms with Crippen LogP contribution in [-0.2, 0) is 19.1 Å². The van der Waals surface area contributed by atoms with Crippen molar-refractivity contribution in [1.29, 1.82) is 0 Å². The molecule has 0 aromatic carbocycles. The molecule has 0 saturated carbocycles. The summed E-state index contributed by atoms with van der Waals surface area (Å²) in [5.74, 6) is -0.453. The van der Waals surface area contributed by atoms with Crippen LogP contribution in [0.5, 0.6) is 0 Å². The zero-order valence-corrected chi connectivity index (χ0v) is 13.1. The van der Waals surface area contributed by atoms with Gasteiger partial charge in [-0.2, -0.15) is 0 Å². The van der Waals surface area contributed by atoms with Gasteiger partial charge >= 0.3 is 6.09 Å². The summed E-state index contributed by atoms with van der Waals surface area (Å²) in [6.07, 6.45) is -0.409. The summed E-state index contributed by atoms with van der Waals surface area (Å²) in [5.41, 5.74) is -0.563. The van der Waals surface area contributed by atoms with E-state index in [1.807, 2.05) is 0 Å². The summed E-state index contributed by atoms with van der Waals surface area (Å²) in [5, 5.41) is 7.67. The fourth-order valence-corrected chi connectivity index (χ4v) is 1.27. The van der Waals surface area contributed by atoms with Crippen LogP contribution in [0.4, 0.5) is 4.79 Å². The van der Waals surface area contributed by atoms with Gasteiger partial charge in [0.05, 0.1) is 0 Å². The lowest BCUT2D eigenvalue weighted by molar-refractivity contribution is -0.125. The molecule has 0 atom stereocenters. The second kappa shape index (κ2) is 9.98. The van der Waals surface area contributed by atoms with Crippen molar-refractivity contribution in [2.75, 3.05) is 33.4 Å². The summed E-state index contributed by atoms with van der Waals surface area (Å²) in [7, 11) is 1.43. The van der Waals surface area contributed by atoms with Crippen LogP contribution in [0.3, 0.4) is 0 Å². The van der Waals surface area contributed by atoms with Crippen molar-refractivity contribution in [1.82, 2.24) is 16.0 Å². The molecule has 0 rings (SSSR count). The minimum atomic E-state index is -0.563. The van der Waals surface area contributed by atoms with E-state index < -0.39 is 11.7 Å². The lowest BCUT2D eigenvalue weighted by atomic mass is 10.2. The highest BCUT2D eigenvalue weighted by Gasteiger charge is 2.15. The van der Waals surface area contributed by atoms with Gasteiger partial charge in [0.25, 0.3) is 0 Å². The summed E-state index contributed by atoms with van der Waals surface area (Å²) in [4.78, 5) is 33.8. The van der Waals surface area contributed by atoms with Gasteiger partial charge in [-0.1, -0.05) is 0 Å². The predicted molar refractivity (Wildman–Crippen MR) is 76.7 cm³/mol.